The highest BCUT2D eigenvalue weighted by Crippen LogP contribution is 2.29. The fourth-order valence-electron chi connectivity index (χ4n) is 2.88. The predicted octanol–water partition coefficient (Wildman–Crippen LogP) is 1.89. The molecule has 0 unspecified atom stereocenters. The number of rotatable bonds is 5. The minimum atomic E-state index is -3.39. The number of carbonyl (C=O) groups excluding carboxylic acids is 1. The molecule has 1 aliphatic heterocycles. The summed E-state index contributed by atoms with van der Waals surface area (Å²) in [6, 6.07) is 7.64. The number of likely N-dealkylation sites (N-methyl/N-ethyl adjacent to an activating group) is 1. The fourth-order valence-corrected chi connectivity index (χ4v) is 4.30. The summed E-state index contributed by atoms with van der Waals surface area (Å²) in [5.41, 5.74) is 1.68. The average Bonchev–Trinajstić information content (AvgIpc) is 2.53. The molecule has 1 heterocycles. The molecule has 6 nitrogen and oxygen atoms in total. The van der Waals surface area contributed by atoms with Crippen molar-refractivity contribution in [1.29, 1.82) is 0 Å². The van der Waals surface area contributed by atoms with Crippen LogP contribution in [-0.2, 0) is 20.2 Å². The third-order valence-electron chi connectivity index (χ3n) is 4.45. The van der Waals surface area contributed by atoms with E-state index in [2.05, 4.69) is 31.0 Å². The number of nitrogens with one attached hydrogen (secondary N) is 1. The molecule has 2 rings (SSSR count). The highest BCUT2D eigenvalue weighted by atomic mass is 32.2. The van der Waals surface area contributed by atoms with E-state index in [4.69, 9.17) is 0 Å². The molecule has 0 radical (unpaired) electrons. The van der Waals surface area contributed by atoms with Crippen LogP contribution in [-0.4, -0.2) is 62.5 Å². The van der Waals surface area contributed by atoms with E-state index < -0.39 is 10.0 Å². The Labute approximate surface area is 151 Å². The number of amides is 1. The Kier molecular flexibility index (Phi) is 6.24. The Morgan fingerprint density at radius 1 is 1.12 bits per heavy atom. The van der Waals surface area contributed by atoms with Gasteiger partial charge in [-0.05, 0) is 24.1 Å². The molecular weight excluding hydrogens is 338 g/mol. The maximum atomic E-state index is 12.4. The summed E-state index contributed by atoms with van der Waals surface area (Å²) in [5.74, 6) is -0.422. The SMILES string of the molecule is CN1CCN(S(=O)(=O)CCC(=O)Nc2ccccc2C(C)(C)C)CC1. The third kappa shape index (κ3) is 5.52. The molecule has 1 saturated heterocycles. The molecule has 0 bridgehead atoms. The van der Waals surface area contributed by atoms with Crippen LogP contribution in [0.5, 0.6) is 0 Å². The Bertz CT molecular complexity index is 703. The molecule has 0 saturated carbocycles. The highest BCUT2D eigenvalue weighted by molar-refractivity contribution is 7.89. The number of nitrogens with zero attached hydrogens (tertiary/aromatic N) is 2. The van der Waals surface area contributed by atoms with E-state index in [0.717, 1.165) is 24.3 Å². The molecule has 7 heteroatoms. The van der Waals surface area contributed by atoms with Crippen LogP contribution in [0.3, 0.4) is 0 Å². The zero-order chi connectivity index (χ0) is 18.7. The van der Waals surface area contributed by atoms with Crippen molar-refractivity contribution in [2.45, 2.75) is 32.6 Å². The van der Waals surface area contributed by atoms with Gasteiger partial charge in [0.2, 0.25) is 15.9 Å². The van der Waals surface area contributed by atoms with Gasteiger partial charge in [-0.15, -0.1) is 0 Å². The fraction of sp³-hybridized carbons (Fsp3) is 0.611. The number of hydrogen-bond acceptors (Lipinski definition) is 4. The topological polar surface area (TPSA) is 69.7 Å². The van der Waals surface area contributed by atoms with Crippen molar-refractivity contribution in [2.24, 2.45) is 0 Å². The second-order valence-electron chi connectivity index (χ2n) is 7.61. The van der Waals surface area contributed by atoms with Gasteiger partial charge in [0.05, 0.1) is 5.75 Å². The number of hydrogen-bond donors (Lipinski definition) is 1. The van der Waals surface area contributed by atoms with Gasteiger partial charge in [-0.1, -0.05) is 39.0 Å². The smallest absolute Gasteiger partial charge is 0.225 e. The van der Waals surface area contributed by atoms with Crippen LogP contribution in [0.2, 0.25) is 0 Å². The Morgan fingerprint density at radius 3 is 2.32 bits per heavy atom. The van der Waals surface area contributed by atoms with E-state index in [1.807, 2.05) is 31.3 Å². The van der Waals surface area contributed by atoms with Crippen LogP contribution < -0.4 is 5.32 Å². The lowest BCUT2D eigenvalue weighted by Gasteiger charge is -2.31. The van der Waals surface area contributed by atoms with E-state index in [1.165, 1.54) is 4.31 Å². The number of piperazine rings is 1. The van der Waals surface area contributed by atoms with Crippen molar-refractivity contribution >= 4 is 21.6 Å². The number of benzene rings is 1. The minimum absolute atomic E-state index is 0.0346. The summed E-state index contributed by atoms with van der Waals surface area (Å²) in [6.07, 6.45) is -0.0346. The van der Waals surface area contributed by atoms with Gasteiger partial charge in [0, 0.05) is 38.3 Å². The van der Waals surface area contributed by atoms with Gasteiger partial charge in [-0.3, -0.25) is 4.79 Å². The zero-order valence-corrected chi connectivity index (χ0v) is 16.4. The van der Waals surface area contributed by atoms with Gasteiger partial charge in [0.25, 0.3) is 0 Å². The number of para-hydroxylation sites is 1. The molecular formula is C18H29N3O3S. The summed E-state index contributed by atoms with van der Waals surface area (Å²) in [6.45, 7) is 8.68. The first-order chi connectivity index (χ1) is 11.6. The highest BCUT2D eigenvalue weighted by Gasteiger charge is 2.26. The summed E-state index contributed by atoms with van der Waals surface area (Å²) >= 11 is 0. The standard InChI is InChI=1S/C18H29N3O3S/c1-18(2,3)15-7-5-6-8-16(15)19-17(22)9-14-25(23,24)21-12-10-20(4)11-13-21/h5-8H,9-14H2,1-4H3,(H,19,22). The maximum absolute atomic E-state index is 12.4. The van der Waals surface area contributed by atoms with Crippen molar-refractivity contribution in [3.8, 4) is 0 Å². The Balaban J connectivity index is 1.95. The minimum Gasteiger partial charge on any atom is -0.326 e. The molecule has 1 aliphatic rings. The molecule has 1 aromatic rings. The van der Waals surface area contributed by atoms with Crippen molar-refractivity contribution in [1.82, 2.24) is 9.21 Å². The molecule has 0 aliphatic carbocycles. The number of sulfonamides is 1. The van der Waals surface area contributed by atoms with E-state index in [9.17, 15) is 13.2 Å². The van der Waals surface area contributed by atoms with Crippen molar-refractivity contribution in [3.05, 3.63) is 29.8 Å². The van der Waals surface area contributed by atoms with Crippen LogP contribution in [0.15, 0.2) is 24.3 Å². The zero-order valence-electron chi connectivity index (χ0n) is 15.6. The molecule has 25 heavy (non-hydrogen) atoms. The van der Waals surface area contributed by atoms with Crippen molar-refractivity contribution < 1.29 is 13.2 Å². The molecule has 0 aromatic heterocycles. The van der Waals surface area contributed by atoms with Gasteiger partial charge >= 0.3 is 0 Å². The van der Waals surface area contributed by atoms with Gasteiger partial charge in [0.1, 0.15) is 0 Å². The quantitative estimate of drug-likeness (QED) is 0.863. The molecule has 0 spiro atoms. The van der Waals surface area contributed by atoms with Crippen LogP contribution >= 0.6 is 0 Å². The van der Waals surface area contributed by atoms with E-state index >= 15 is 0 Å². The second-order valence-corrected chi connectivity index (χ2v) is 9.70. The lowest BCUT2D eigenvalue weighted by molar-refractivity contribution is -0.115. The van der Waals surface area contributed by atoms with E-state index in [-0.39, 0.29) is 23.5 Å². The number of anilines is 1. The third-order valence-corrected chi connectivity index (χ3v) is 6.32. The first kappa shape index (κ1) is 19.9. The van der Waals surface area contributed by atoms with Gasteiger partial charge in [0.15, 0.2) is 0 Å². The Morgan fingerprint density at radius 2 is 1.72 bits per heavy atom. The average molecular weight is 368 g/mol. The summed E-state index contributed by atoms with van der Waals surface area (Å²) in [4.78, 5) is 14.4. The molecule has 1 aromatic carbocycles. The normalized spacial score (nSPS) is 17.4. The van der Waals surface area contributed by atoms with Gasteiger partial charge in [-0.2, -0.15) is 4.31 Å². The monoisotopic (exact) mass is 367 g/mol. The lowest BCUT2D eigenvalue weighted by atomic mass is 9.86. The summed E-state index contributed by atoms with van der Waals surface area (Å²) < 4.78 is 26.3. The summed E-state index contributed by atoms with van der Waals surface area (Å²) in [5, 5.41) is 2.87. The maximum Gasteiger partial charge on any atom is 0.225 e. The Hall–Kier alpha value is -1.44. The van der Waals surface area contributed by atoms with Crippen LogP contribution in [0.4, 0.5) is 5.69 Å². The van der Waals surface area contributed by atoms with Crippen LogP contribution in [0, 0.1) is 0 Å². The predicted molar refractivity (Wildman–Crippen MR) is 101 cm³/mol. The summed E-state index contributed by atoms with van der Waals surface area (Å²) in [7, 11) is -1.41. The van der Waals surface area contributed by atoms with Crippen LogP contribution in [0.1, 0.15) is 32.8 Å². The van der Waals surface area contributed by atoms with Crippen LogP contribution in [0.25, 0.3) is 0 Å². The van der Waals surface area contributed by atoms with Gasteiger partial charge < -0.3 is 10.2 Å². The van der Waals surface area contributed by atoms with Crippen molar-refractivity contribution in [2.75, 3.05) is 44.3 Å². The first-order valence-corrected chi connectivity index (χ1v) is 10.3. The first-order valence-electron chi connectivity index (χ1n) is 8.65. The van der Waals surface area contributed by atoms with Crippen molar-refractivity contribution in [3.63, 3.8) is 0 Å². The second kappa shape index (κ2) is 7.85. The largest absolute Gasteiger partial charge is 0.326 e. The number of carbonyl (C=O) groups is 1. The van der Waals surface area contributed by atoms with E-state index in [0.29, 0.717) is 13.1 Å². The van der Waals surface area contributed by atoms with Gasteiger partial charge in [-0.25, -0.2) is 8.42 Å². The molecule has 1 N–H and O–H groups in total. The molecule has 0 atom stereocenters. The molecule has 1 fully saturated rings. The molecule has 140 valence electrons. The molecule has 1 amide bonds. The lowest BCUT2D eigenvalue weighted by Crippen LogP contribution is -2.48. The van der Waals surface area contributed by atoms with E-state index in [1.54, 1.807) is 0 Å².